The molecule has 0 aliphatic heterocycles. The van der Waals surface area contributed by atoms with Gasteiger partial charge in [0.15, 0.2) is 5.69 Å². The highest BCUT2D eigenvalue weighted by Gasteiger charge is 2.20. The molecule has 0 saturated carbocycles. The topological polar surface area (TPSA) is 58.4 Å². The minimum atomic E-state index is -0.264. The molecule has 3 rings (SSSR count). The van der Waals surface area contributed by atoms with Crippen LogP contribution in [0.1, 0.15) is 54.3 Å². The van der Waals surface area contributed by atoms with Crippen LogP contribution in [0.2, 0.25) is 0 Å². The molecular formula is C24H28FN3O2. The monoisotopic (exact) mass is 409 g/mol. The van der Waals surface area contributed by atoms with Gasteiger partial charge in [-0.05, 0) is 36.1 Å². The Morgan fingerprint density at radius 1 is 1.10 bits per heavy atom. The van der Waals surface area contributed by atoms with Gasteiger partial charge in [0.05, 0.1) is 6.54 Å². The third-order valence-electron chi connectivity index (χ3n) is 4.90. The second-order valence-corrected chi connectivity index (χ2v) is 7.85. The van der Waals surface area contributed by atoms with Crippen molar-refractivity contribution in [2.24, 2.45) is 5.92 Å². The fourth-order valence-electron chi connectivity index (χ4n) is 3.19. The van der Waals surface area contributed by atoms with Gasteiger partial charge in [-0.3, -0.25) is 9.69 Å². The third kappa shape index (κ3) is 6.00. The molecule has 0 radical (unpaired) electrons. The van der Waals surface area contributed by atoms with E-state index in [0.29, 0.717) is 31.4 Å². The molecule has 0 aliphatic rings. The van der Waals surface area contributed by atoms with Gasteiger partial charge in [-0.25, -0.2) is 9.37 Å². The maximum atomic E-state index is 13.7. The number of nitrogens with one attached hydrogen (secondary N) is 1. The predicted octanol–water partition coefficient (Wildman–Crippen LogP) is 4.96. The number of hydrogen-bond donors (Lipinski definition) is 1. The fraction of sp³-hybridized carbons (Fsp3) is 0.333. The van der Waals surface area contributed by atoms with Crippen LogP contribution in [0.25, 0.3) is 0 Å². The van der Waals surface area contributed by atoms with Crippen LogP contribution in [0.4, 0.5) is 4.39 Å². The first kappa shape index (κ1) is 21.7. The average molecular weight is 410 g/mol. The van der Waals surface area contributed by atoms with Gasteiger partial charge in [0.1, 0.15) is 12.1 Å². The first-order chi connectivity index (χ1) is 14.4. The van der Waals surface area contributed by atoms with E-state index in [1.54, 1.807) is 6.07 Å². The molecule has 158 valence electrons. The molecule has 0 bridgehead atoms. The molecule has 0 fully saturated rings. The molecule has 1 N–H and O–H groups in total. The van der Waals surface area contributed by atoms with Crippen molar-refractivity contribution < 1.29 is 13.6 Å². The maximum absolute atomic E-state index is 13.7. The molecule has 2 aromatic carbocycles. The summed E-state index contributed by atoms with van der Waals surface area (Å²) >= 11 is 0. The summed E-state index contributed by atoms with van der Waals surface area (Å²) in [6, 6.07) is 16.7. The molecule has 0 saturated heterocycles. The number of carbonyl (C=O) groups excluding carboxylic acids is 1. The summed E-state index contributed by atoms with van der Waals surface area (Å²) in [6.07, 6.45) is 1.39. The van der Waals surface area contributed by atoms with Crippen molar-refractivity contribution in [2.75, 3.05) is 6.54 Å². The molecule has 1 atom stereocenters. The number of hydrogen-bond acceptors (Lipinski definition) is 4. The summed E-state index contributed by atoms with van der Waals surface area (Å²) < 4.78 is 19.3. The Morgan fingerprint density at radius 2 is 1.87 bits per heavy atom. The smallest absolute Gasteiger partial charge is 0.273 e. The standard InChI is InChI=1S/C24H28FN3O2/c1-17(2)13-26-24(29)22-16-30-23(27-22)15-28(14-19-8-7-11-21(25)12-19)18(3)20-9-5-4-6-10-20/h4-12,16-18H,13-15H2,1-3H3,(H,26,29). The Morgan fingerprint density at radius 3 is 2.57 bits per heavy atom. The van der Waals surface area contributed by atoms with Crippen LogP contribution in [-0.2, 0) is 13.1 Å². The van der Waals surface area contributed by atoms with E-state index in [0.717, 1.165) is 11.1 Å². The van der Waals surface area contributed by atoms with E-state index < -0.39 is 0 Å². The van der Waals surface area contributed by atoms with Crippen LogP contribution in [0.5, 0.6) is 0 Å². The summed E-state index contributed by atoms with van der Waals surface area (Å²) in [6.45, 7) is 7.65. The van der Waals surface area contributed by atoms with Crippen molar-refractivity contribution in [1.82, 2.24) is 15.2 Å². The van der Waals surface area contributed by atoms with Crippen molar-refractivity contribution in [3.63, 3.8) is 0 Å². The molecule has 3 aromatic rings. The van der Waals surface area contributed by atoms with E-state index in [-0.39, 0.29) is 23.5 Å². The van der Waals surface area contributed by atoms with Crippen LogP contribution in [0.3, 0.4) is 0 Å². The summed E-state index contributed by atoms with van der Waals surface area (Å²) in [5.74, 6) is 0.296. The second kappa shape index (κ2) is 10.2. The Kier molecular flexibility index (Phi) is 7.36. The lowest BCUT2D eigenvalue weighted by Gasteiger charge is -2.28. The van der Waals surface area contributed by atoms with Crippen molar-refractivity contribution in [1.29, 1.82) is 0 Å². The minimum Gasteiger partial charge on any atom is -0.447 e. The van der Waals surface area contributed by atoms with E-state index >= 15 is 0 Å². The van der Waals surface area contributed by atoms with Crippen molar-refractivity contribution in [3.8, 4) is 0 Å². The molecule has 1 heterocycles. The normalized spacial score (nSPS) is 12.3. The van der Waals surface area contributed by atoms with Crippen LogP contribution >= 0.6 is 0 Å². The highest BCUT2D eigenvalue weighted by Crippen LogP contribution is 2.24. The molecule has 0 aliphatic carbocycles. The lowest BCUT2D eigenvalue weighted by molar-refractivity contribution is 0.0944. The van der Waals surface area contributed by atoms with E-state index in [9.17, 15) is 9.18 Å². The van der Waals surface area contributed by atoms with Gasteiger partial charge in [0, 0.05) is 19.1 Å². The molecule has 1 aromatic heterocycles. The van der Waals surface area contributed by atoms with Gasteiger partial charge in [0.2, 0.25) is 5.89 Å². The van der Waals surface area contributed by atoms with Crippen LogP contribution in [-0.4, -0.2) is 22.3 Å². The summed E-state index contributed by atoms with van der Waals surface area (Å²) in [5.41, 5.74) is 2.26. The van der Waals surface area contributed by atoms with Crippen LogP contribution in [0.15, 0.2) is 65.3 Å². The second-order valence-electron chi connectivity index (χ2n) is 7.85. The number of oxazole rings is 1. The Labute approximate surface area is 176 Å². The Hall–Kier alpha value is -2.99. The summed E-state index contributed by atoms with van der Waals surface area (Å²) in [5, 5.41) is 2.84. The number of rotatable bonds is 9. The van der Waals surface area contributed by atoms with Crippen molar-refractivity contribution >= 4 is 5.91 Å². The number of benzene rings is 2. The molecule has 0 spiro atoms. The number of carbonyl (C=O) groups is 1. The van der Waals surface area contributed by atoms with Gasteiger partial charge < -0.3 is 9.73 Å². The van der Waals surface area contributed by atoms with Crippen LogP contribution < -0.4 is 5.32 Å². The van der Waals surface area contributed by atoms with Gasteiger partial charge >= 0.3 is 0 Å². The highest BCUT2D eigenvalue weighted by atomic mass is 19.1. The van der Waals surface area contributed by atoms with Gasteiger partial charge in [-0.2, -0.15) is 0 Å². The first-order valence-corrected chi connectivity index (χ1v) is 10.2. The van der Waals surface area contributed by atoms with Gasteiger partial charge in [-0.1, -0.05) is 56.3 Å². The van der Waals surface area contributed by atoms with Crippen molar-refractivity contribution in [3.05, 3.63) is 89.4 Å². The van der Waals surface area contributed by atoms with Crippen LogP contribution in [0, 0.1) is 11.7 Å². The predicted molar refractivity (Wildman–Crippen MR) is 114 cm³/mol. The van der Waals surface area contributed by atoms with E-state index in [4.69, 9.17) is 4.42 Å². The quantitative estimate of drug-likeness (QED) is 0.542. The molecular weight excluding hydrogens is 381 g/mol. The molecule has 30 heavy (non-hydrogen) atoms. The fourth-order valence-corrected chi connectivity index (χ4v) is 3.19. The maximum Gasteiger partial charge on any atom is 0.273 e. The third-order valence-corrected chi connectivity index (χ3v) is 4.90. The Balaban J connectivity index is 1.78. The number of aromatic nitrogens is 1. The summed E-state index contributed by atoms with van der Waals surface area (Å²) in [7, 11) is 0. The number of halogens is 1. The molecule has 5 nitrogen and oxygen atoms in total. The number of amides is 1. The summed E-state index contributed by atoms with van der Waals surface area (Å²) in [4.78, 5) is 18.8. The van der Waals surface area contributed by atoms with Gasteiger partial charge in [-0.15, -0.1) is 0 Å². The largest absolute Gasteiger partial charge is 0.447 e. The zero-order chi connectivity index (χ0) is 21.5. The van der Waals surface area contributed by atoms with E-state index in [1.807, 2.05) is 38.1 Å². The number of nitrogens with zero attached hydrogens (tertiary/aromatic N) is 2. The first-order valence-electron chi connectivity index (χ1n) is 10.2. The van der Waals surface area contributed by atoms with Gasteiger partial charge in [0.25, 0.3) is 5.91 Å². The molecule has 1 unspecified atom stereocenters. The van der Waals surface area contributed by atoms with Crippen molar-refractivity contribution in [2.45, 2.75) is 39.9 Å². The molecule has 1 amide bonds. The van der Waals surface area contributed by atoms with E-state index in [1.165, 1.54) is 18.4 Å². The molecule has 6 heteroatoms. The SMILES string of the molecule is CC(C)CNC(=O)c1coc(CN(Cc2cccc(F)c2)C(C)c2ccccc2)n1. The lowest BCUT2D eigenvalue weighted by Crippen LogP contribution is -2.28. The zero-order valence-corrected chi connectivity index (χ0v) is 17.6. The highest BCUT2D eigenvalue weighted by molar-refractivity contribution is 5.91. The Bertz CT molecular complexity index is 956. The minimum absolute atomic E-state index is 0.0413. The zero-order valence-electron chi connectivity index (χ0n) is 17.6. The lowest BCUT2D eigenvalue weighted by atomic mass is 10.1. The average Bonchev–Trinajstić information content (AvgIpc) is 3.20. The van der Waals surface area contributed by atoms with E-state index in [2.05, 4.69) is 34.3 Å².